The lowest BCUT2D eigenvalue weighted by Crippen LogP contribution is -2.71. The van der Waals surface area contributed by atoms with Crippen LogP contribution in [-0.2, 0) is 30.3 Å². The van der Waals surface area contributed by atoms with Crippen LogP contribution in [0.1, 0.15) is 50.5 Å². The zero-order valence-electron chi connectivity index (χ0n) is 20.9. The Labute approximate surface area is 208 Å². The molecule has 0 unspecified atom stereocenters. The second kappa shape index (κ2) is 10.0. The first-order valence-corrected chi connectivity index (χ1v) is 12.5. The lowest BCUT2D eigenvalue weighted by Gasteiger charge is -2.59. The zero-order chi connectivity index (χ0) is 24.5. The number of benzene rings is 2. The Hall–Kier alpha value is -2.22. The van der Waals surface area contributed by atoms with Gasteiger partial charge in [0.15, 0.2) is 6.29 Å². The highest BCUT2D eigenvalue weighted by atomic mass is 16.7. The number of hydrogen-bond acceptors (Lipinski definition) is 6. The second-order valence-corrected chi connectivity index (χ2v) is 10.2. The Morgan fingerprint density at radius 1 is 1.00 bits per heavy atom. The first-order valence-electron chi connectivity index (χ1n) is 12.5. The highest BCUT2D eigenvalue weighted by Gasteiger charge is 2.61. The third-order valence-electron chi connectivity index (χ3n) is 7.60. The van der Waals surface area contributed by atoms with E-state index in [1.165, 1.54) is 0 Å². The lowest BCUT2D eigenvalue weighted by atomic mass is 9.75. The summed E-state index contributed by atoms with van der Waals surface area (Å²) in [4.78, 5) is 0. The summed E-state index contributed by atoms with van der Waals surface area (Å²) in [6.45, 7) is 9.06. The Morgan fingerprint density at radius 2 is 1.77 bits per heavy atom. The summed E-state index contributed by atoms with van der Waals surface area (Å²) in [5, 5.41) is 0. The van der Waals surface area contributed by atoms with Crippen LogP contribution in [0.5, 0.6) is 5.75 Å². The molecule has 0 saturated carbocycles. The summed E-state index contributed by atoms with van der Waals surface area (Å²) in [5.41, 5.74) is 0.888. The summed E-state index contributed by atoms with van der Waals surface area (Å²) in [5.74, 6) is 0.832. The molecule has 0 spiro atoms. The van der Waals surface area contributed by atoms with Crippen LogP contribution in [0.3, 0.4) is 0 Å². The largest absolute Gasteiger partial charge is 0.497 e. The minimum atomic E-state index is -0.623. The number of rotatable bonds is 7. The summed E-state index contributed by atoms with van der Waals surface area (Å²) >= 11 is 0. The smallest absolute Gasteiger partial charge is 0.184 e. The zero-order valence-corrected chi connectivity index (χ0v) is 20.9. The number of ether oxygens (including phenoxy) is 6. The van der Waals surface area contributed by atoms with Gasteiger partial charge in [-0.15, -0.1) is 6.58 Å². The quantitative estimate of drug-likeness (QED) is 0.497. The van der Waals surface area contributed by atoms with Gasteiger partial charge in [0.05, 0.1) is 44.7 Å². The molecule has 0 radical (unpaired) electrons. The van der Waals surface area contributed by atoms with E-state index in [1.807, 2.05) is 60.7 Å². The van der Waals surface area contributed by atoms with Crippen molar-refractivity contribution in [3.05, 3.63) is 78.4 Å². The lowest BCUT2D eigenvalue weighted by molar-refractivity contribution is -0.386. The molecule has 3 saturated heterocycles. The van der Waals surface area contributed by atoms with Gasteiger partial charge in [-0.05, 0) is 38.0 Å². The van der Waals surface area contributed by atoms with E-state index in [2.05, 4.69) is 20.4 Å². The molecule has 2 aromatic carbocycles. The monoisotopic (exact) mass is 480 g/mol. The second-order valence-electron chi connectivity index (χ2n) is 10.2. The summed E-state index contributed by atoms with van der Waals surface area (Å²) in [6.07, 6.45) is 3.32. The molecule has 0 aliphatic carbocycles. The summed E-state index contributed by atoms with van der Waals surface area (Å²) < 4.78 is 37.9. The van der Waals surface area contributed by atoms with Crippen LogP contribution in [0.15, 0.2) is 67.3 Å². The molecule has 0 amide bonds. The molecule has 188 valence electrons. The van der Waals surface area contributed by atoms with Crippen molar-refractivity contribution in [2.45, 2.75) is 81.6 Å². The Bertz CT molecular complexity index is 994. The van der Waals surface area contributed by atoms with E-state index in [4.69, 9.17) is 28.4 Å². The molecule has 3 aliphatic rings. The van der Waals surface area contributed by atoms with Crippen molar-refractivity contribution in [2.75, 3.05) is 13.7 Å². The van der Waals surface area contributed by atoms with Gasteiger partial charge in [-0.2, -0.15) is 0 Å². The van der Waals surface area contributed by atoms with Gasteiger partial charge in [-0.3, -0.25) is 0 Å². The molecule has 5 rings (SSSR count). The predicted molar refractivity (Wildman–Crippen MR) is 132 cm³/mol. The highest BCUT2D eigenvalue weighted by molar-refractivity contribution is 5.26. The van der Waals surface area contributed by atoms with Crippen LogP contribution in [0.25, 0.3) is 0 Å². The van der Waals surface area contributed by atoms with Crippen molar-refractivity contribution in [1.29, 1.82) is 0 Å². The molecule has 7 atom stereocenters. The van der Waals surface area contributed by atoms with Crippen LogP contribution < -0.4 is 4.74 Å². The molecular weight excluding hydrogens is 444 g/mol. The Kier molecular flexibility index (Phi) is 7.02. The topological polar surface area (TPSA) is 55.4 Å². The fourth-order valence-electron chi connectivity index (χ4n) is 5.56. The normalized spacial score (nSPS) is 36.6. The first-order chi connectivity index (χ1) is 16.9. The van der Waals surface area contributed by atoms with Crippen molar-refractivity contribution < 1.29 is 28.4 Å². The van der Waals surface area contributed by atoms with Crippen LogP contribution in [0.4, 0.5) is 0 Å². The standard InChI is InChI=1S/C29H36O6/c1-5-9-23-16-25(31-18-20-12-14-22(30-4)15-13-20)29(3)26(33-23)17-24-28(2,35-29)19-32-27(34-24)21-10-7-6-8-11-21/h5-8,10-15,23-27H,1,9,16-19H2,2-4H3/t23-,24-,25-,26+,27+,28+,29-/m0/s1. The van der Waals surface area contributed by atoms with E-state index in [1.54, 1.807) is 7.11 Å². The van der Waals surface area contributed by atoms with E-state index in [-0.39, 0.29) is 24.4 Å². The maximum absolute atomic E-state index is 6.87. The van der Waals surface area contributed by atoms with Gasteiger partial charge >= 0.3 is 0 Å². The van der Waals surface area contributed by atoms with Crippen LogP contribution in [0, 0.1) is 0 Å². The third-order valence-corrected chi connectivity index (χ3v) is 7.60. The van der Waals surface area contributed by atoms with E-state index in [9.17, 15) is 0 Å². The fraction of sp³-hybridized carbons (Fsp3) is 0.517. The van der Waals surface area contributed by atoms with Crippen LogP contribution in [-0.4, -0.2) is 49.3 Å². The molecule has 35 heavy (non-hydrogen) atoms. The molecule has 3 fully saturated rings. The highest BCUT2D eigenvalue weighted by Crippen LogP contribution is 2.49. The van der Waals surface area contributed by atoms with Crippen molar-refractivity contribution >= 4 is 0 Å². The summed E-state index contributed by atoms with van der Waals surface area (Å²) in [7, 11) is 1.67. The molecular formula is C29H36O6. The fourth-order valence-corrected chi connectivity index (χ4v) is 5.56. The minimum absolute atomic E-state index is 0.0316. The Balaban J connectivity index is 1.34. The molecule has 6 nitrogen and oxygen atoms in total. The van der Waals surface area contributed by atoms with E-state index in [0.29, 0.717) is 13.2 Å². The molecule has 3 aliphatic heterocycles. The predicted octanol–water partition coefficient (Wildman–Crippen LogP) is 5.37. The van der Waals surface area contributed by atoms with Gasteiger partial charge in [0, 0.05) is 18.4 Å². The van der Waals surface area contributed by atoms with E-state index >= 15 is 0 Å². The number of methoxy groups -OCH3 is 1. The van der Waals surface area contributed by atoms with Gasteiger partial charge in [-0.25, -0.2) is 0 Å². The maximum Gasteiger partial charge on any atom is 0.184 e. The van der Waals surface area contributed by atoms with Gasteiger partial charge < -0.3 is 28.4 Å². The Morgan fingerprint density at radius 3 is 2.49 bits per heavy atom. The van der Waals surface area contributed by atoms with Gasteiger partial charge in [-0.1, -0.05) is 48.5 Å². The summed E-state index contributed by atoms with van der Waals surface area (Å²) in [6, 6.07) is 18.0. The van der Waals surface area contributed by atoms with Crippen molar-refractivity contribution in [1.82, 2.24) is 0 Å². The van der Waals surface area contributed by atoms with Crippen molar-refractivity contribution in [3.63, 3.8) is 0 Å². The van der Waals surface area contributed by atoms with Crippen molar-refractivity contribution in [2.24, 2.45) is 0 Å². The SMILES string of the molecule is C=CC[C@H]1C[C@H](OCc2ccc(OC)cc2)[C@]2(C)O[C@]3(C)CO[C@@H](c4ccccc4)O[C@H]3C[C@H]2O1. The minimum Gasteiger partial charge on any atom is -0.497 e. The third kappa shape index (κ3) is 4.91. The van der Waals surface area contributed by atoms with Crippen molar-refractivity contribution in [3.8, 4) is 5.75 Å². The van der Waals surface area contributed by atoms with Gasteiger partial charge in [0.25, 0.3) is 0 Å². The molecule has 3 heterocycles. The maximum atomic E-state index is 6.87. The molecule has 0 aromatic heterocycles. The van der Waals surface area contributed by atoms with Crippen LogP contribution >= 0.6 is 0 Å². The van der Waals surface area contributed by atoms with Crippen LogP contribution in [0.2, 0.25) is 0 Å². The van der Waals surface area contributed by atoms with E-state index < -0.39 is 17.5 Å². The molecule has 2 aromatic rings. The van der Waals surface area contributed by atoms with Gasteiger partial charge in [0.2, 0.25) is 0 Å². The average Bonchev–Trinajstić information content (AvgIpc) is 2.87. The molecule has 0 bridgehead atoms. The van der Waals surface area contributed by atoms with Gasteiger partial charge in [0.1, 0.15) is 17.0 Å². The molecule has 6 heteroatoms. The average molecular weight is 481 g/mol. The number of hydrogen-bond donors (Lipinski definition) is 0. The first kappa shape index (κ1) is 24.5. The van der Waals surface area contributed by atoms with E-state index in [0.717, 1.165) is 36.1 Å². The number of fused-ring (bicyclic) bond motifs is 2. The molecule has 0 N–H and O–H groups in total.